The molecule has 0 aromatic heterocycles. The highest BCUT2D eigenvalue weighted by atomic mass is 35.5. The fourth-order valence-electron chi connectivity index (χ4n) is 3.31. The molecular formula is C22H25ClN2O2. The average molecular weight is 385 g/mol. The maximum absolute atomic E-state index is 12.7. The van der Waals surface area contributed by atoms with E-state index in [0.717, 1.165) is 17.5 Å². The topological polar surface area (TPSA) is 40.6 Å². The molecule has 0 atom stereocenters. The van der Waals surface area contributed by atoms with Crippen LogP contribution in [0, 0.1) is 6.92 Å². The van der Waals surface area contributed by atoms with E-state index >= 15 is 0 Å². The first kappa shape index (κ1) is 19.4. The minimum Gasteiger partial charge on any atom is -0.341 e. The van der Waals surface area contributed by atoms with Crippen molar-refractivity contribution in [1.82, 2.24) is 9.80 Å². The van der Waals surface area contributed by atoms with Crippen LogP contribution in [0.1, 0.15) is 34.3 Å². The van der Waals surface area contributed by atoms with Crippen LogP contribution in [0.5, 0.6) is 0 Å². The van der Waals surface area contributed by atoms with Crippen molar-refractivity contribution < 1.29 is 9.59 Å². The molecule has 1 aliphatic rings. The van der Waals surface area contributed by atoms with Crippen LogP contribution in [-0.2, 0) is 11.2 Å². The lowest BCUT2D eigenvalue weighted by Gasteiger charge is -2.22. The molecule has 27 heavy (non-hydrogen) atoms. The van der Waals surface area contributed by atoms with Crippen molar-refractivity contribution in [3.05, 3.63) is 70.2 Å². The van der Waals surface area contributed by atoms with Gasteiger partial charge in [-0.1, -0.05) is 41.4 Å². The third kappa shape index (κ3) is 5.33. The van der Waals surface area contributed by atoms with E-state index in [4.69, 9.17) is 11.6 Å². The number of benzene rings is 2. The molecule has 0 radical (unpaired) electrons. The Kier molecular flexibility index (Phi) is 6.51. The van der Waals surface area contributed by atoms with Crippen LogP contribution in [0.4, 0.5) is 0 Å². The zero-order chi connectivity index (χ0) is 19.2. The van der Waals surface area contributed by atoms with Crippen molar-refractivity contribution in [2.24, 2.45) is 0 Å². The molecule has 0 N–H and O–H groups in total. The van der Waals surface area contributed by atoms with Gasteiger partial charge in [-0.3, -0.25) is 9.59 Å². The normalized spacial score (nSPS) is 14.7. The number of carbonyl (C=O) groups excluding carboxylic acids is 2. The average Bonchev–Trinajstić information content (AvgIpc) is 2.94. The predicted octanol–water partition coefficient (Wildman–Crippen LogP) is 3.96. The molecule has 0 bridgehead atoms. The summed E-state index contributed by atoms with van der Waals surface area (Å²) in [5.41, 5.74) is 2.96. The lowest BCUT2D eigenvalue weighted by molar-refractivity contribution is -0.131. The Morgan fingerprint density at radius 2 is 1.52 bits per heavy atom. The first-order valence-corrected chi connectivity index (χ1v) is 9.79. The van der Waals surface area contributed by atoms with E-state index in [0.29, 0.717) is 49.6 Å². The molecule has 1 heterocycles. The number of rotatable bonds is 4. The molecule has 2 aromatic carbocycles. The van der Waals surface area contributed by atoms with Gasteiger partial charge >= 0.3 is 0 Å². The Labute approximate surface area is 165 Å². The third-order valence-corrected chi connectivity index (χ3v) is 5.23. The van der Waals surface area contributed by atoms with E-state index in [1.54, 1.807) is 0 Å². The SMILES string of the molecule is Cc1ccc(C(=O)N2CCCN(C(=O)CCc3ccc(Cl)cc3)CC2)cc1. The standard InChI is InChI=1S/C22H25ClN2O2/c1-17-3-8-19(9-4-17)22(27)25-14-2-13-24(15-16-25)21(26)12-7-18-5-10-20(23)11-6-18/h3-6,8-11H,2,7,12-16H2,1H3. The molecule has 0 saturated carbocycles. The summed E-state index contributed by atoms with van der Waals surface area (Å²) >= 11 is 5.90. The second-order valence-corrected chi connectivity index (χ2v) is 7.46. The Bertz CT molecular complexity index is 787. The maximum atomic E-state index is 12.7. The van der Waals surface area contributed by atoms with E-state index < -0.39 is 0 Å². The monoisotopic (exact) mass is 384 g/mol. The fraction of sp³-hybridized carbons (Fsp3) is 0.364. The van der Waals surface area contributed by atoms with Crippen LogP contribution in [0.25, 0.3) is 0 Å². The number of hydrogen-bond acceptors (Lipinski definition) is 2. The van der Waals surface area contributed by atoms with Gasteiger partial charge in [0.1, 0.15) is 0 Å². The fourth-order valence-corrected chi connectivity index (χ4v) is 3.44. The molecule has 2 aromatic rings. The summed E-state index contributed by atoms with van der Waals surface area (Å²) in [6.45, 7) is 4.58. The highest BCUT2D eigenvalue weighted by molar-refractivity contribution is 6.30. The van der Waals surface area contributed by atoms with Gasteiger partial charge in [0.05, 0.1) is 0 Å². The van der Waals surface area contributed by atoms with Gasteiger partial charge in [0.15, 0.2) is 0 Å². The van der Waals surface area contributed by atoms with Gasteiger partial charge in [-0.15, -0.1) is 0 Å². The number of carbonyl (C=O) groups is 2. The second-order valence-electron chi connectivity index (χ2n) is 7.02. The summed E-state index contributed by atoms with van der Waals surface area (Å²) in [4.78, 5) is 29.0. The van der Waals surface area contributed by atoms with Gasteiger partial charge in [-0.25, -0.2) is 0 Å². The summed E-state index contributed by atoms with van der Waals surface area (Å²) in [7, 11) is 0. The Hall–Kier alpha value is -2.33. The molecule has 0 aliphatic carbocycles. The molecule has 2 amide bonds. The van der Waals surface area contributed by atoms with Gasteiger partial charge in [-0.2, -0.15) is 0 Å². The molecule has 1 saturated heterocycles. The van der Waals surface area contributed by atoms with E-state index in [9.17, 15) is 9.59 Å². The van der Waals surface area contributed by atoms with E-state index in [-0.39, 0.29) is 11.8 Å². The van der Waals surface area contributed by atoms with E-state index in [1.165, 1.54) is 0 Å². The van der Waals surface area contributed by atoms with Crippen molar-refractivity contribution >= 4 is 23.4 Å². The van der Waals surface area contributed by atoms with Crippen LogP contribution < -0.4 is 0 Å². The Morgan fingerprint density at radius 1 is 0.889 bits per heavy atom. The second kappa shape index (κ2) is 9.05. The smallest absolute Gasteiger partial charge is 0.253 e. The lowest BCUT2D eigenvalue weighted by Crippen LogP contribution is -2.37. The number of amides is 2. The van der Waals surface area contributed by atoms with Crippen LogP contribution in [0.2, 0.25) is 5.02 Å². The van der Waals surface area contributed by atoms with Crippen molar-refractivity contribution in [1.29, 1.82) is 0 Å². The van der Waals surface area contributed by atoms with E-state index in [2.05, 4.69) is 0 Å². The van der Waals surface area contributed by atoms with Crippen molar-refractivity contribution in [3.8, 4) is 0 Å². The molecule has 4 nitrogen and oxygen atoms in total. The van der Waals surface area contributed by atoms with Gasteiger partial charge < -0.3 is 9.80 Å². The summed E-state index contributed by atoms with van der Waals surface area (Å²) in [5, 5.41) is 0.705. The quantitative estimate of drug-likeness (QED) is 0.800. The van der Waals surface area contributed by atoms with Gasteiger partial charge in [-0.05, 0) is 49.6 Å². The molecule has 1 fully saturated rings. The van der Waals surface area contributed by atoms with Crippen molar-refractivity contribution in [2.45, 2.75) is 26.2 Å². The van der Waals surface area contributed by atoms with Crippen molar-refractivity contribution in [2.75, 3.05) is 26.2 Å². The number of halogens is 1. The number of aryl methyl sites for hydroxylation is 2. The lowest BCUT2D eigenvalue weighted by atomic mass is 10.1. The summed E-state index contributed by atoms with van der Waals surface area (Å²) in [5.74, 6) is 0.194. The van der Waals surface area contributed by atoms with Gasteiger partial charge in [0, 0.05) is 43.2 Å². The zero-order valence-corrected chi connectivity index (χ0v) is 16.4. The highest BCUT2D eigenvalue weighted by Gasteiger charge is 2.22. The summed E-state index contributed by atoms with van der Waals surface area (Å²) in [6.07, 6.45) is 2.00. The highest BCUT2D eigenvalue weighted by Crippen LogP contribution is 2.14. The predicted molar refractivity (Wildman–Crippen MR) is 108 cm³/mol. The minimum absolute atomic E-state index is 0.0467. The van der Waals surface area contributed by atoms with Crippen LogP contribution >= 0.6 is 11.6 Å². The largest absolute Gasteiger partial charge is 0.341 e. The molecular weight excluding hydrogens is 360 g/mol. The first-order chi connectivity index (χ1) is 13.0. The molecule has 0 unspecified atom stereocenters. The Balaban J connectivity index is 1.52. The van der Waals surface area contributed by atoms with Crippen LogP contribution in [0.15, 0.2) is 48.5 Å². The molecule has 3 rings (SSSR count). The molecule has 0 spiro atoms. The van der Waals surface area contributed by atoms with Gasteiger partial charge in [0.2, 0.25) is 5.91 Å². The minimum atomic E-state index is 0.0467. The molecule has 1 aliphatic heterocycles. The first-order valence-electron chi connectivity index (χ1n) is 9.41. The molecule has 5 heteroatoms. The maximum Gasteiger partial charge on any atom is 0.253 e. The summed E-state index contributed by atoms with van der Waals surface area (Å²) in [6, 6.07) is 15.3. The zero-order valence-electron chi connectivity index (χ0n) is 15.7. The van der Waals surface area contributed by atoms with Crippen LogP contribution in [-0.4, -0.2) is 47.8 Å². The van der Waals surface area contributed by atoms with Crippen LogP contribution in [0.3, 0.4) is 0 Å². The third-order valence-electron chi connectivity index (χ3n) is 4.98. The summed E-state index contributed by atoms with van der Waals surface area (Å²) < 4.78 is 0. The molecule has 142 valence electrons. The van der Waals surface area contributed by atoms with E-state index in [1.807, 2.05) is 65.3 Å². The van der Waals surface area contributed by atoms with Gasteiger partial charge in [0.25, 0.3) is 5.91 Å². The van der Waals surface area contributed by atoms with Crippen molar-refractivity contribution in [3.63, 3.8) is 0 Å². The Morgan fingerprint density at radius 3 is 2.22 bits per heavy atom. The number of nitrogens with zero attached hydrogens (tertiary/aromatic N) is 2. The number of hydrogen-bond donors (Lipinski definition) is 0.